The number of nitrogen functional groups attached to an aromatic ring is 1. The van der Waals surface area contributed by atoms with E-state index in [2.05, 4.69) is 10.4 Å². The quantitative estimate of drug-likeness (QED) is 0.402. The maximum absolute atomic E-state index is 13.6. The first kappa shape index (κ1) is 26.1. The fourth-order valence-corrected chi connectivity index (χ4v) is 4.88. The lowest BCUT2D eigenvalue weighted by Crippen LogP contribution is -2.31. The van der Waals surface area contributed by atoms with Gasteiger partial charge < -0.3 is 26.4 Å². The molecule has 1 saturated heterocycles. The minimum absolute atomic E-state index is 0.0741. The zero-order chi connectivity index (χ0) is 27.8. The number of nitrogens with one attached hydrogen (secondary N) is 1. The molecule has 1 aliphatic heterocycles. The molecule has 1 saturated carbocycles. The van der Waals surface area contributed by atoms with Crippen LogP contribution in [-0.4, -0.2) is 58.8 Å². The number of amides is 3. The molecule has 0 bridgehead atoms. The van der Waals surface area contributed by atoms with Crippen molar-refractivity contribution in [3.63, 3.8) is 0 Å². The van der Waals surface area contributed by atoms with E-state index in [-0.39, 0.29) is 47.6 Å². The van der Waals surface area contributed by atoms with Crippen LogP contribution < -0.4 is 21.5 Å². The number of halogens is 2. The molecule has 1 unspecified atom stereocenters. The molecule has 10 nitrogen and oxygen atoms in total. The Bertz CT molecular complexity index is 1440. The second-order valence-electron chi connectivity index (χ2n) is 9.73. The zero-order valence-electron chi connectivity index (χ0n) is 21.2. The molecule has 1 aliphatic carbocycles. The number of methoxy groups -OCH3 is 1. The molecule has 2 aromatic carbocycles. The highest BCUT2D eigenvalue weighted by molar-refractivity contribution is 6.03. The number of carbonyl (C=O) groups excluding carboxylic acids is 3. The molecule has 0 radical (unpaired) electrons. The summed E-state index contributed by atoms with van der Waals surface area (Å²) in [4.78, 5) is 38.9. The summed E-state index contributed by atoms with van der Waals surface area (Å²) in [6.45, 7) is 0.931. The van der Waals surface area contributed by atoms with E-state index in [1.807, 2.05) is 0 Å². The number of carbonyl (C=O) groups is 3. The number of benzene rings is 2. The van der Waals surface area contributed by atoms with Crippen LogP contribution in [0.15, 0.2) is 42.5 Å². The predicted molar refractivity (Wildman–Crippen MR) is 138 cm³/mol. The van der Waals surface area contributed by atoms with Crippen LogP contribution in [0.3, 0.4) is 0 Å². The van der Waals surface area contributed by atoms with Crippen LogP contribution in [0.1, 0.15) is 45.2 Å². The third kappa shape index (κ3) is 5.14. The maximum Gasteiger partial charge on any atom is 0.255 e. The summed E-state index contributed by atoms with van der Waals surface area (Å²) < 4.78 is 33.6. The molecule has 204 valence electrons. The van der Waals surface area contributed by atoms with Gasteiger partial charge in [-0.15, -0.1) is 0 Å². The van der Waals surface area contributed by atoms with Gasteiger partial charge in [0.05, 0.1) is 24.6 Å². The summed E-state index contributed by atoms with van der Waals surface area (Å²) in [6, 6.07) is 10.4. The largest absolute Gasteiger partial charge is 0.496 e. The summed E-state index contributed by atoms with van der Waals surface area (Å²) in [5.74, 6) is -2.19. The maximum atomic E-state index is 13.6. The van der Waals surface area contributed by atoms with E-state index < -0.39 is 29.7 Å². The Kier molecular flexibility index (Phi) is 6.94. The first-order valence-electron chi connectivity index (χ1n) is 12.5. The Hall–Kier alpha value is -4.48. The molecule has 0 spiro atoms. The van der Waals surface area contributed by atoms with Crippen molar-refractivity contribution in [1.29, 1.82) is 0 Å². The van der Waals surface area contributed by atoms with Gasteiger partial charge in [0.25, 0.3) is 11.8 Å². The van der Waals surface area contributed by atoms with Gasteiger partial charge in [-0.3, -0.25) is 14.4 Å². The summed E-state index contributed by atoms with van der Waals surface area (Å²) in [5, 5.41) is 7.31. The van der Waals surface area contributed by atoms with Gasteiger partial charge in [-0.05, 0) is 36.6 Å². The highest BCUT2D eigenvalue weighted by Gasteiger charge is 2.47. The van der Waals surface area contributed by atoms with Crippen molar-refractivity contribution < 1.29 is 27.9 Å². The van der Waals surface area contributed by atoms with Crippen molar-refractivity contribution in [3.05, 3.63) is 65.0 Å². The topological polar surface area (TPSA) is 146 Å². The number of nitrogens with two attached hydrogens (primary N) is 2. The van der Waals surface area contributed by atoms with Gasteiger partial charge in [0.1, 0.15) is 34.8 Å². The highest BCUT2D eigenvalue weighted by Crippen LogP contribution is 2.38. The number of ether oxygens (including phenoxy) is 1. The lowest BCUT2D eigenvalue weighted by molar-refractivity contribution is -0.132. The van der Waals surface area contributed by atoms with Gasteiger partial charge >= 0.3 is 0 Å². The number of primary amides is 1. The summed E-state index contributed by atoms with van der Waals surface area (Å²) in [5.41, 5.74) is 13.7. The van der Waals surface area contributed by atoms with Gasteiger partial charge in [-0.1, -0.05) is 24.3 Å². The molecule has 2 fully saturated rings. The molecular formula is C27H28F2N6O4. The van der Waals surface area contributed by atoms with Crippen LogP contribution in [0.5, 0.6) is 5.75 Å². The molecule has 12 heteroatoms. The minimum atomic E-state index is -1.07. The number of nitrogens with zero attached hydrogens (tertiary/aromatic N) is 3. The van der Waals surface area contributed by atoms with Crippen molar-refractivity contribution in [3.8, 4) is 17.0 Å². The first-order valence-corrected chi connectivity index (χ1v) is 12.5. The molecule has 5 N–H and O–H groups in total. The van der Waals surface area contributed by atoms with Crippen molar-refractivity contribution in [2.24, 2.45) is 11.7 Å². The summed E-state index contributed by atoms with van der Waals surface area (Å²) in [6.07, 6.45) is -0.244. The smallest absolute Gasteiger partial charge is 0.255 e. The summed E-state index contributed by atoms with van der Waals surface area (Å²) in [7, 11) is 1.40. The number of likely N-dealkylation sites (tertiary alicyclic amines) is 1. The van der Waals surface area contributed by atoms with E-state index in [9.17, 15) is 23.2 Å². The molecule has 3 amide bonds. The fraction of sp³-hybridized carbons (Fsp3) is 0.333. The van der Waals surface area contributed by atoms with E-state index in [0.717, 1.165) is 11.6 Å². The van der Waals surface area contributed by atoms with Crippen molar-refractivity contribution in [1.82, 2.24) is 20.0 Å². The van der Waals surface area contributed by atoms with Crippen molar-refractivity contribution >= 4 is 23.5 Å². The van der Waals surface area contributed by atoms with Crippen LogP contribution in [0.2, 0.25) is 0 Å². The second kappa shape index (κ2) is 10.4. The minimum Gasteiger partial charge on any atom is -0.496 e. The SMILES string of the molecule is COc1ccc(F)cc1C(=O)NCc1ccc(-c2nn(C3CCN(C(=O)[C@H]4C[C@H]4F)C3)c(N)c2C(N)=O)cc1. The number of alkyl halides is 1. The zero-order valence-corrected chi connectivity index (χ0v) is 21.2. The molecule has 2 heterocycles. The monoisotopic (exact) mass is 538 g/mol. The first-order chi connectivity index (χ1) is 18.7. The van der Waals surface area contributed by atoms with Gasteiger partial charge in [-0.25, -0.2) is 13.5 Å². The number of hydrogen-bond donors (Lipinski definition) is 3. The van der Waals surface area contributed by atoms with Crippen LogP contribution >= 0.6 is 0 Å². The third-order valence-electron chi connectivity index (χ3n) is 7.13. The molecule has 2 aliphatic rings. The van der Waals surface area contributed by atoms with Crippen molar-refractivity contribution in [2.45, 2.75) is 31.6 Å². The van der Waals surface area contributed by atoms with E-state index in [1.54, 1.807) is 29.2 Å². The highest BCUT2D eigenvalue weighted by atomic mass is 19.1. The van der Waals surface area contributed by atoms with Gasteiger partial charge in [-0.2, -0.15) is 5.10 Å². The lowest BCUT2D eigenvalue weighted by Gasteiger charge is -2.17. The Morgan fingerprint density at radius 3 is 2.54 bits per heavy atom. The molecule has 39 heavy (non-hydrogen) atoms. The molecule has 3 aromatic rings. The van der Waals surface area contributed by atoms with E-state index in [4.69, 9.17) is 16.2 Å². The standard InChI is InChI=1S/C27H28F2N6O4/c1-39-21-7-6-16(28)10-19(21)26(37)32-12-14-2-4-15(5-3-14)23-22(25(31)36)24(30)35(33-23)17-8-9-34(13-17)27(38)18-11-20(18)29/h2-7,10,17-18,20H,8-9,11-13,30H2,1H3,(H2,31,36)(H,32,37)/t17?,18-,20+/m0/s1. The normalized spacial score (nSPS) is 20.1. The van der Waals surface area contributed by atoms with E-state index in [1.165, 1.54) is 23.9 Å². The molecular weight excluding hydrogens is 510 g/mol. The number of hydrogen-bond acceptors (Lipinski definition) is 6. The average Bonchev–Trinajstić information content (AvgIpc) is 3.30. The van der Waals surface area contributed by atoms with Crippen molar-refractivity contribution in [2.75, 3.05) is 25.9 Å². The number of aromatic nitrogens is 2. The summed E-state index contributed by atoms with van der Waals surface area (Å²) >= 11 is 0. The second-order valence-corrected chi connectivity index (χ2v) is 9.73. The Morgan fingerprint density at radius 1 is 1.18 bits per heavy atom. The van der Waals surface area contributed by atoms with Gasteiger partial charge in [0.2, 0.25) is 5.91 Å². The predicted octanol–water partition coefficient (Wildman–Crippen LogP) is 2.44. The third-order valence-corrected chi connectivity index (χ3v) is 7.13. The van der Waals surface area contributed by atoms with Gasteiger partial charge in [0.15, 0.2) is 0 Å². The molecule has 5 rings (SSSR count). The van der Waals surface area contributed by atoms with Gasteiger partial charge in [0, 0.05) is 25.2 Å². The number of rotatable bonds is 8. The Balaban J connectivity index is 1.31. The van der Waals surface area contributed by atoms with Crippen LogP contribution in [0.4, 0.5) is 14.6 Å². The molecule has 1 aromatic heterocycles. The van der Waals surface area contributed by atoms with Crippen LogP contribution in [-0.2, 0) is 11.3 Å². The van der Waals surface area contributed by atoms with E-state index >= 15 is 0 Å². The molecule has 3 atom stereocenters. The van der Waals surface area contributed by atoms with E-state index in [0.29, 0.717) is 30.8 Å². The lowest BCUT2D eigenvalue weighted by atomic mass is 10.0. The van der Waals surface area contributed by atoms with Crippen LogP contribution in [0, 0.1) is 11.7 Å². The Labute approximate surface area is 222 Å². The van der Waals surface area contributed by atoms with Crippen LogP contribution in [0.25, 0.3) is 11.3 Å². The Morgan fingerprint density at radius 2 is 1.90 bits per heavy atom. The number of anilines is 1. The fourth-order valence-electron chi connectivity index (χ4n) is 4.88. The average molecular weight is 539 g/mol.